The Bertz CT molecular complexity index is 763. The van der Waals surface area contributed by atoms with Gasteiger partial charge >= 0.3 is 6.18 Å². The number of hydrogen-bond acceptors (Lipinski definition) is 4. The molecule has 174 valence electrons. The van der Waals surface area contributed by atoms with Crippen LogP contribution in [0.1, 0.15) is 52.9 Å². The Kier molecular flexibility index (Phi) is 6.63. The summed E-state index contributed by atoms with van der Waals surface area (Å²) in [5.41, 5.74) is -0.708. The zero-order chi connectivity index (χ0) is 22.9. The molecule has 1 N–H and O–H groups in total. The number of rotatable bonds is 6. The van der Waals surface area contributed by atoms with E-state index in [0.29, 0.717) is 50.9 Å². The van der Waals surface area contributed by atoms with E-state index in [1.807, 2.05) is 0 Å². The first-order chi connectivity index (χ1) is 14.3. The highest BCUT2D eigenvalue weighted by Gasteiger charge is 2.51. The van der Waals surface area contributed by atoms with Crippen molar-refractivity contribution in [2.45, 2.75) is 64.7 Å². The molecule has 1 saturated heterocycles. The number of aliphatic hydroxyl groups is 1. The minimum atomic E-state index is -4.39. The number of amides is 1. The number of anilines is 1. The van der Waals surface area contributed by atoms with Crippen molar-refractivity contribution in [2.24, 2.45) is 10.8 Å². The highest BCUT2D eigenvalue weighted by molar-refractivity contribution is 6.00. The van der Waals surface area contributed by atoms with Crippen molar-refractivity contribution in [3.8, 4) is 5.75 Å². The molecule has 1 aromatic rings. The van der Waals surface area contributed by atoms with Crippen LogP contribution < -0.4 is 9.64 Å². The SMILES string of the molecule is CC(C)(C)COC[C@]1(O)CC[C@@]2(CCN(c3ccc(OCC(F)(F)F)cc3)C2=O)CC1. The molecule has 1 spiro atoms. The Hall–Kier alpha value is -1.80. The van der Waals surface area contributed by atoms with Gasteiger partial charge in [0.05, 0.1) is 24.2 Å². The fourth-order valence-corrected chi connectivity index (χ4v) is 4.30. The third kappa shape index (κ3) is 6.13. The summed E-state index contributed by atoms with van der Waals surface area (Å²) in [4.78, 5) is 14.9. The van der Waals surface area contributed by atoms with Gasteiger partial charge in [0.25, 0.3) is 0 Å². The van der Waals surface area contributed by atoms with Crippen LogP contribution in [-0.2, 0) is 9.53 Å². The van der Waals surface area contributed by atoms with Gasteiger partial charge in [-0.25, -0.2) is 0 Å². The molecule has 1 saturated carbocycles. The van der Waals surface area contributed by atoms with Gasteiger partial charge in [0.1, 0.15) is 5.75 Å². The molecule has 0 aromatic heterocycles. The average molecular weight is 444 g/mol. The standard InChI is InChI=1S/C23H32F3NO4/c1-20(2,3)14-30-15-22(29)10-8-21(9-11-22)12-13-27(19(21)28)17-4-6-18(7-5-17)31-16-23(24,25)26/h4-7,29H,8-16H2,1-3H3/t21-,22-. The number of ether oxygens (including phenoxy) is 2. The van der Waals surface area contributed by atoms with Crippen molar-refractivity contribution in [1.29, 1.82) is 0 Å². The summed E-state index contributed by atoms with van der Waals surface area (Å²) in [6.45, 7) is 6.28. The maximum absolute atomic E-state index is 13.2. The van der Waals surface area contributed by atoms with E-state index in [-0.39, 0.29) is 23.7 Å². The van der Waals surface area contributed by atoms with E-state index in [9.17, 15) is 23.1 Å². The van der Waals surface area contributed by atoms with Gasteiger partial charge in [-0.05, 0) is 61.8 Å². The molecule has 1 aliphatic carbocycles. The van der Waals surface area contributed by atoms with Gasteiger partial charge in [0, 0.05) is 12.2 Å². The van der Waals surface area contributed by atoms with Gasteiger partial charge in [-0.15, -0.1) is 0 Å². The Labute approximate surface area is 181 Å². The van der Waals surface area contributed by atoms with E-state index < -0.39 is 23.8 Å². The first kappa shape index (κ1) is 23.9. The van der Waals surface area contributed by atoms with Crippen molar-refractivity contribution in [3.63, 3.8) is 0 Å². The van der Waals surface area contributed by atoms with Gasteiger partial charge in [0.2, 0.25) is 5.91 Å². The molecule has 8 heteroatoms. The zero-order valence-electron chi connectivity index (χ0n) is 18.4. The van der Waals surface area contributed by atoms with Crippen LogP contribution in [0, 0.1) is 10.8 Å². The van der Waals surface area contributed by atoms with E-state index in [4.69, 9.17) is 9.47 Å². The van der Waals surface area contributed by atoms with Crippen LogP contribution in [0.4, 0.5) is 18.9 Å². The number of halogens is 3. The highest BCUT2D eigenvalue weighted by atomic mass is 19.4. The molecule has 2 aliphatic rings. The van der Waals surface area contributed by atoms with Gasteiger partial charge < -0.3 is 19.5 Å². The molecule has 5 nitrogen and oxygen atoms in total. The van der Waals surface area contributed by atoms with Crippen molar-refractivity contribution in [2.75, 3.05) is 31.3 Å². The molecule has 3 rings (SSSR count). The van der Waals surface area contributed by atoms with E-state index in [1.165, 1.54) is 12.1 Å². The number of hydrogen-bond donors (Lipinski definition) is 1. The lowest BCUT2D eigenvalue weighted by Crippen LogP contribution is -2.46. The van der Waals surface area contributed by atoms with Crippen LogP contribution in [0.2, 0.25) is 0 Å². The maximum atomic E-state index is 13.2. The number of carbonyl (C=O) groups excluding carboxylic acids is 1. The lowest BCUT2D eigenvalue weighted by molar-refractivity contribution is -0.153. The molecule has 1 aromatic carbocycles. The molecule has 31 heavy (non-hydrogen) atoms. The second-order valence-corrected chi connectivity index (χ2v) is 10.2. The first-order valence-corrected chi connectivity index (χ1v) is 10.7. The van der Waals surface area contributed by atoms with Gasteiger partial charge in [0.15, 0.2) is 6.61 Å². The Morgan fingerprint density at radius 3 is 2.16 bits per heavy atom. The van der Waals surface area contributed by atoms with Crippen LogP contribution in [0.3, 0.4) is 0 Å². The molecule has 1 amide bonds. The molecule has 0 radical (unpaired) electrons. The molecular formula is C23H32F3NO4. The monoisotopic (exact) mass is 443 g/mol. The van der Waals surface area contributed by atoms with Crippen molar-refractivity contribution in [3.05, 3.63) is 24.3 Å². The second kappa shape index (κ2) is 8.62. The molecule has 0 unspecified atom stereocenters. The molecule has 1 aliphatic heterocycles. The highest BCUT2D eigenvalue weighted by Crippen LogP contribution is 2.48. The summed E-state index contributed by atoms with van der Waals surface area (Å²) in [5.74, 6) is 0.134. The average Bonchev–Trinajstić information content (AvgIpc) is 2.98. The van der Waals surface area contributed by atoms with E-state index in [0.717, 1.165) is 0 Å². The largest absolute Gasteiger partial charge is 0.484 e. The minimum absolute atomic E-state index is 0.0223. The maximum Gasteiger partial charge on any atom is 0.422 e. The summed E-state index contributed by atoms with van der Waals surface area (Å²) in [7, 11) is 0. The van der Waals surface area contributed by atoms with Crippen LogP contribution in [0.25, 0.3) is 0 Å². The summed E-state index contributed by atoms with van der Waals surface area (Å²) in [6, 6.07) is 6.13. The summed E-state index contributed by atoms with van der Waals surface area (Å²) in [5, 5.41) is 10.9. The van der Waals surface area contributed by atoms with E-state index in [2.05, 4.69) is 20.8 Å². The minimum Gasteiger partial charge on any atom is -0.484 e. The first-order valence-electron chi connectivity index (χ1n) is 10.7. The Morgan fingerprint density at radius 2 is 1.61 bits per heavy atom. The van der Waals surface area contributed by atoms with E-state index >= 15 is 0 Å². The number of benzene rings is 1. The number of alkyl halides is 3. The van der Waals surface area contributed by atoms with Gasteiger partial charge in [-0.3, -0.25) is 4.79 Å². The Balaban J connectivity index is 1.56. The summed E-state index contributed by atoms with van der Waals surface area (Å²) < 4.78 is 47.3. The molecular weight excluding hydrogens is 411 g/mol. The fourth-order valence-electron chi connectivity index (χ4n) is 4.30. The smallest absolute Gasteiger partial charge is 0.422 e. The molecule has 1 heterocycles. The summed E-state index contributed by atoms with van der Waals surface area (Å²) >= 11 is 0. The fraction of sp³-hybridized carbons (Fsp3) is 0.696. The van der Waals surface area contributed by atoms with Crippen LogP contribution in [0.15, 0.2) is 24.3 Å². The molecule has 2 fully saturated rings. The predicted molar refractivity (Wildman–Crippen MR) is 111 cm³/mol. The molecule has 0 bridgehead atoms. The Morgan fingerprint density at radius 1 is 1.00 bits per heavy atom. The second-order valence-electron chi connectivity index (χ2n) is 10.2. The normalized spacial score (nSPS) is 27.2. The summed E-state index contributed by atoms with van der Waals surface area (Å²) in [6.07, 6.45) is -1.45. The predicted octanol–water partition coefficient (Wildman–Crippen LogP) is 4.72. The third-order valence-corrected chi connectivity index (χ3v) is 6.11. The number of carbonyl (C=O) groups is 1. The lowest BCUT2D eigenvalue weighted by atomic mass is 9.68. The van der Waals surface area contributed by atoms with Gasteiger partial charge in [-0.2, -0.15) is 13.2 Å². The van der Waals surface area contributed by atoms with Crippen molar-refractivity contribution >= 4 is 11.6 Å². The van der Waals surface area contributed by atoms with Gasteiger partial charge in [-0.1, -0.05) is 20.8 Å². The van der Waals surface area contributed by atoms with Crippen LogP contribution >= 0.6 is 0 Å². The third-order valence-electron chi connectivity index (χ3n) is 6.11. The molecule has 0 atom stereocenters. The zero-order valence-corrected chi connectivity index (χ0v) is 18.4. The quantitative estimate of drug-likeness (QED) is 0.691. The topological polar surface area (TPSA) is 59.0 Å². The number of nitrogens with zero attached hydrogens (tertiary/aromatic N) is 1. The van der Waals surface area contributed by atoms with Crippen LogP contribution in [-0.4, -0.2) is 49.2 Å². The van der Waals surface area contributed by atoms with Crippen LogP contribution in [0.5, 0.6) is 5.75 Å². The lowest BCUT2D eigenvalue weighted by Gasteiger charge is -2.41. The van der Waals surface area contributed by atoms with Crippen molar-refractivity contribution < 1.29 is 32.5 Å². The van der Waals surface area contributed by atoms with E-state index in [1.54, 1.807) is 17.0 Å². The van der Waals surface area contributed by atoms with Crippen molar-refractivity contribution in [1.82, 2.24) is 0 Å².